The van der Waals surface area contributed by atoms with E-state index in [9.17, 15) is 9.59 Å². The second-order valence-corrected chi connectivity index (χ2v) is 0.735. The van der Waals surface area contributed by atoms with E-state index < -0.39 is 12.2 Å². The van der Waals surface area contributed by atoms with Crippen LogP contribution >= 0.6 is 12.4 Å². The van der Waals surface area contributed by atoms with Crippen molar-refractivity contribution < 1.29 is 19.8 Å². The Hall–Kier alpha value is -0.970. The van der Waals surface area contributed by atoms with E-state index in [2.05, 4.69) is 0 Å². The summed E-state index contributed by atoms with van der Waals surface area (Å²) >= 11 is 0. The molecule has 0 radical (unpaired) electrons. The van der Waals surface area contributed by atoms with Gasteiger partial charge in [-0.3, -0.25) is 0 Å². The largest absolute Gasteiger partial charge is 0.465 e. The van der Waals surface area contributed by atoms with Gasteiger partial charge in [0.1, 0.15) is 0 Å². The second-order valence-electron chi connectivity index (χ2n) is 0.735. The van der Waals surface area contributed by atoms with Crippen molar-refractivity contribution in [2.24, 2.45) is 0 Å². The first-order valence-electron chi connectivity index (χ1n) is 1.36. The smallest absolute Gasteiger partial charge is 0.414 e. The minimum absolute atomic E-state index is 0. The number of carboxylic acid groups (broad SMARTS) is 2. The monoisotopic (exact) mass is 141 g/mol. The molecular formula is C2H4ClNO4. The number of imide groups is 1. The summed E-state index contributed by atoms with van der Waals surface area (Å²) in [6, 6.07) is 0. The zero-order chi connectivity index (χ0) is 5.86. The van der Waals surface area contributed by atoms with Crippen LogP contribution in [-0.2, 0) is 0 Å². The van der Waals surface area contributed by atoms with Crippen molar-refractivity contribution in [3.8, 4) is 0 Å². The number of halogens is 1. The van der Waals surface area contributed by atoms with Crippen LogP contribution < -0.4 is 5.32 Å². The lowest BCUT2D eigenvalue weighted by atomic mass is 11.0. The van der Waals surface area contributed by atoms with Gasteiger partial charge in [0.05, 0.1) is 0 Å². The van der Waals surface area contributed by atoms with Crippen molar-refractivity contribution in [2.45, 2.75) is 0 Å². The molecule has 2 amide bonds. The molecule has 0 rings (SSSR count). The Labute approximate surface area is 50.7 Å². The molecule has 0 bridgehead atoms. The summed E-state index contributed by atoms with van der Waals surface area (Å²) in [6.45, 7) is 0. The molecule has 3 N–H and O–H groups in total. The average Bonchev–Trinajstić information content (AvgIpc) is 1.27. The third kappa shape index (κ3) is 8.90. The van der Waals surface area contributed by atoms with Gasteiger partial charge in [-0.25, -0.2) is 14.9 Å². The van der Waals surface area contributed by atoms with Crippen LogP contribution in [0, 0.1) is 0 Å². The maximum atomic E-state index is 9.32. The van der Waals surface area contributed by atoms with Crippen LogP contribution in [0.3, 0.4) is 0 Å². The molecule has 0 atom stereocenters. The molecule has 0 aromatic heterocycles. The molecule has 5 nitrogen and oxygen atoms in total. The molecule has 0 spiro atoms. The van der Waals surface area contributed by atoms with Crippen LogP contribution in [0.15, 0.2) is 0 Å². The maximum Gasteiger partial charge on any atom is 0.414 e. The van der Waals surface area contributed by atoms with Crippen molar-refractivity contribution >= 4 is 24.6 Å². The van der Waals surface area contributed by atoms with E-state index >= 15 is 0 Å². The van der Waals surface area contributed by atoms with Gasteiger partial charge >= 0.3 is 12.2 Å². The standard InChI is InChI=1S/C2H3NO4.ClH/c4-1(5)3-2(6)7;/h3H,(H,4,5)(H,6,7);1H. The van der Waals surface area contributed by atoms with Gasteiger partial charge in [-0.2, -0.15) is 0 Å². The number of rotatable bonds is 0. The lowest BCUT2D eigenvalue weighted by Crippen LogP contribution is -2.26. The highest BCUT2D eigenvalue weighted by Gasteiger charge is 1.97. The Kier molecular flexibility index (Phi) is 5.30. The van der Waals surface area contributed by atoms with Gasteiger partial charge in [-0.15, -0.1) is 12.4 Å². The number of nitrogens with one attached hydrogen (secondary N) is 1. The normalized spacial score (nSPS) is 6.50. The molecule has 8 heavy (non-hydrogen) atoms. The molecule has 0 saturated heterocycles. The van der Waals surface area contributed by atoms with Crippen LogP contribution in [0.2, 0.25) is 0 Å². The van der Waals surface area contributed by atoms with Crippen LogP contribution in [0.4, 0.5) is 9.59 Å². The topological polar surface area (TPSA) is 86.6 Å². The van der Waals surface area contributed by atoms with Crippen molar-refractivity contribution in [2.75, 3.05) is 0 Å². The first-order valence-corrected chi connectivity index (χ1v) is 1.36. The molecule has 0 unspecified atom stereocenters. The number of hydrogen-bond acceptors (Lipinski definition) is 2. The van der Waals surface area contributed by atoms with Gasteiger partial charge in [0.15, 0.2) is 0 Å². The summed E-state index contributed by atoms with van der Waals surface area (Å²) in [6.07, 6.45) is -3.12. The van der Waals surface area contributed by atoms with Crippen LogP contribution in [0.25, 0.3) is 0 Å². The van der Waals surface area contributed by atoms with E-state index in [1.165, 1.54) is 0 Å². The molecule has 0 fully saturated rings. The average molecular weight is 142 g/mol. The van der Waals surface area contributed by atoms with Gasteiger partial charge in [-0.05, 0) is 0 Å². The zero-order valence-corrected chi connectivity index (χ0v) is 4.44. The third-order valence-corrected chi connectivity index (χ3v) is 0.214. The number of amides is 2. The summed E-state index contributed by atoms with van der Waals surface area (Å²) in [5, 5.41) is 16.3. The summed E-state index contributed by atoms with van der Waals surface area (Å²) in [7, 11) is 0. The Morgan fingerprint density at radius 1 is 1.12 bits per heavy atom. The van der Waals surface area contributed by atoms with E-state index in [4.69, 9.17) is 10.2 Å². The fourth-order valence-corrected chi connectivity index (χ4v) is 0.0915. The molecule has 0 aromatic carbocycles. The van der Waals surface area contributed by atoms with Gasteiger partial charge < -0.3 is 10.2 Å². The molecule has 0 aliphatic rings. The fourth-order valence-electron chi connectivity index (χ4n) is 0.0915. The van der Waals surface area contributed by atoms with Gasteiger partial charge in [0.2, 0.25) is 0 Å². The minimum Gasteiger partial charge on any atom is -0.465 e. The lowest BCUT2D eigenvalue weighted by molar-refractivity contribution is 0.174. The summed E-state index contributed by atoms with van der Waals surface area (Å²) in [5.41, 5.74) is 0. The maximum absolute atomic E-state index is 9.32. The van der Waals surface area contributed by atoms with Crippen LogP contribution in [0.1, 0.15) is 0 Å². The van der Waals surface area contributed by atoms with Crippen molar-refractivity contribution in [3.05, 3.63) is 0 Å². The van der Waals surface area contributed by atoms with E-state index in [0.717, 1.165) is 5.32 Å². The highest BCUT2D eigenvalue weighted by Crippen LogP contribution is 1.59. The third-order valence-electron chi connectivity index (χ3n) is 0.214. The molecule has 48 valence electrons. The van der Waals surface area contributed by atoms with E-state index in [0.29, 0.717) is 0 Å². The molecular weight excluding hydrogens is 137 g/mol. The highest BCUT2D eigenvalue weighted by molar-refractivity contribution is 5.85. The molecule has 0 heterocycles. The summed E-state index contributed by atoms with van der Waals surface area (Å²) in [4.78, 5) is 18.6. The Morgan fingerprint density at radius 2 is 1.38 bits per heavy atom. The van der Waals surface area contributed by atoms with Gasteiger partial charge in [-0.1, -0.05) is 0 Å². The fraction of sp³-hybridized carbons (Fsp3) is 0. The quantitative estimate of drug-likeness (QED) is 0.454. The van der Waals surface area contributed by atoms with Crippen molar-refractivity contribution in [3.63, 3.8) is 0 Å². The van der Waals surface area contributed by atoms with E-state index in [-0.39, 0.29) is 12.4 Å². The Morgan fingerprint density at radius 3 is 1.38 bits per heavy atom. The second kappa shape index (κ2) is 4.20. The first kappa shape index (κ1) is 10.1. The molecule has 0 aliphatic carbocycles. The Balaban J connectivity index is 0. The lowest BCUT2D eigenvalue weighted by Gasteiger charge is -1.85. The molecule has 0 aromatic rings. The number of hydrogen-bond donors (Lipinski definition) is 3. The first-order chi connectivity index (χ1) is 3.13. The molecule has 0 saturated carbocycles. The van der Waals surface area contributed by atoms with Gasteiger partial charge in [0, 0.05) is 0 Å². The minimum atomic E-state index is -1.56. The summed E-state index contributed by atoms with van der Waals surface area (Å²) < 4.78 is 0. The molecule has 6 heteroatoms. The van der Waals surface area contributed by atoms with E-state index in [1.54, 1.807) is 0 Å². The predicted octanol–water partition coefficient (Wildman–Crippen LogP) is 0.354. The number of carbonyl (C=O) groups is 2. The van der Waals surface area contributed by atoms with Crippen LogP contribution in [-0.4, -0.2) is 22.4 Å². The van der Waals surface area contributed by atoms with Gasteiger partial charge in [0.25, 0.3) is 0 Å². The van der Waals surface area contributed by atoms with Crippen molar-refractivity contribution in [1.29, 1.82) is 0 Å². The summed E-state index contributed by atoms with van der Waals surface area (Å²) in [5.74, 6) is 0. The van der Waals surface area contributed by atoms with Crippen molar-refractivity contribution in [1.82, 2.24) is 5.32 Å². The SMILES string of the molecule is Cl.O=C(O)NC(=O)O. The highest BCUT2D eigenvalue weighted by atomic mass is 35.5. The van der Waals surface area contributed by atoms with Crippen LogP contribution in [0.5, 0.6) is 0 Å². The van der Waals surface area contributed by atoms with E-state index in [1.807, 2.05) is 0 Å². The molecule has 0 aliphatic heterocycles. The zero-order valence-electron chi connectivity index (χ0n) is 3.62. The Bertz CT molecular complexity index is 90.2. The predicted molar refractivity (Wildman–Crippen MR) is 26.4 cm³/mol.